The van der Waals surface area contributed by atoms with Gasteiger partial charge >= 0.3 is 0 Å². The van der Waals surface area contributed by atoms with Gasteiger partial charge in [-0.3, -0.25) is 9.59 Å². The number of amides is 1. The van der Waals surface area contributed by atoms with Crippen LogP contribution in [0.2, 0.25) is 0 Å². The summed E-state index contributed by atoms with van der Waals surface area (Å²) in [6.45, 7) is 5.78. The second-order valence-electron chi connectivity index (χ2n) is 7.26. The molecule has 132 valence electrons. The predicted octanol–water partition coefficient (Wildman–Crippen LogP) is 2.83. The largest absolute Gasteiger partial charge is 0.394 e. The molecule has 1 aliphatic carbocycles. The molecule has 1 aromatic carbocycles. The van der Waals surface area contributed by atoms with Gasteiger partial charge in [0.25, 0.3) is 0 Å². The van der Waals surface area contributed by atoms with Crippen LogP contribution >= 0.6 is 0 Å². The van der Waals surface area contributed by atoms with Gasteiger partial charge in [0.05, 0.1) is 18.6 Å². The minimum absolute atomic E-state index is 0.0511. The fourth-order valence-corrected chi connectivity index (χ4v) is 3.21. The first-order valence-corrected chi connectivity index (χ1v) is 8.95. The molecule has 0 bridgehead atoms. The van der Waals surface area contributed by atoms with Gasteiger partial charge in [-0.1, -0.05) is 38.1 Å². The number of hydrogen-bond acceptors (Lipinski definition) is 3. The number of nitrogens with one attached hydrogen (secondary N) is 1. The van der Waals surface area contributed by atoms with Crippen LogP contribution in [-0.2, 0) is 16.0 Å². The van der Waals surface area contributed by atoms with Crippen LogP contribution in [0.15, 0.2) is 24.3 Å². The summed E-state index contributed by atoms with van der Waals surface area (Å²) < 4.78 is 0. The zero-order valence-electron chi connectivity index (χ0n) is 14.9. The molecule has 3 atom stereocenters. The fraction of sp³-hybridized carbons (Fsp3) is 0.600. The third-order valence-electron chi connectivity index (χ3n) is 5.12. The quantitative estimate of drug-likeness (QED) is 0.807. The van der Waals surface area contributed by atoms with Crippen LogP contribution in [0.4, 0.5) is 0 Å². The summed E-state index contributed by atoms with van der Waals surface area (Å²) in [7, 11) is 0. The smallest absolute Gasteiger partial charge is 0.227 e. The van der Waals surface area contributed by atoms with Crippen LogP contribution in [0.3, 0.4) is 0 Å². The van der Waals surface area contributed by atoms with Crippen LogP contribution in [0, 0.1) is 11.8 Å². The van der Waals surface area contributed by atoms with Crippen molar-refractivity contribution in [2.24, 2.45) is 11.8 Å². The van der Waals surface area contributed by atoms with Crippen molar-refractivity contribution in [3.05, 3.63) is 35.4 Å². The lowest BCUT2D eigenvalue weighted by atomic mass is 9.93. The number of hydrogen-bond donors (Lipinski definition) is 2. The molecule has 1 aliphatic rings. The molecule has 0 saturated heterocycles. The van der Waals surface area contributed by atoms with Gasteiger partial charge in [-0.25, -0.2) is 0 Å². The first-order chi connectivity index (χ1) is 11.4. The van der Waals surface area contributed by atoms with Crippen molar-refractivity contribution >= 4 is 11.7 Å². The van der Waals surface area contributed by atoms with E-state index >= 15 is 0 Å². The monoisotopic (exact) mass is 331 g/mol. The maximum absolute atomic E-state index is 12.4. The minimum Gasteiger partial charge on any atom is -0.394 e. The van der Waals surface area contributed by atoms with Gasteiger partial charge in [-0.2, -0.15) is 0 Å². The van der Waals surface area contributed by atoms with Crippen LogP contribution < -0.4 is 5.32 Å². The Morgan fingerprint density at radius 2 is 1.92 bits per heavy atom. The number of carbonyl (C=O) groups is 2. The highest BCUT2D eigenvalue weighted by atomic mass is 16.3. The molecule has 1 aromatic rings. The molecule has 24 heavy (non-hydrogen) atoms. The van der Waals surface area contributed by atoms with Gasteiger partial charge in [-0.15, -0.1) is 0 Å². The van der Waals surface area contributed by atoms with Crippen molar-refractivity contribution in [2.75, 3.05) is 6.61 Å². The average Bonchev–Trinajstić information content (AvgIpc) is 2.97. The summed E-state index contributed by atoms with van der Waals surface area (Å²) in [5.74, 6) is 0.419. The third-order valence-corrected chi connectivity index (χ3v) is 5.12. The van der Waals surface area contributed by atoms with E-state index in [1.54, 1.807) is 0 Å². The van der Waals surface area contributed by atoms with Gasteiger partial charge in [0, 0.05) is 12.3 Å². The lowest BCUT2D eigenvalue weighted by molar-refractivity contribution is -0.123. The maximum atomic E-state index is 12.4. The third kappa shape index (κ3) is 4.67. The van der Waals surface area contributed by atoms with Crippen LogP contribution in [-0.4, -0.2) is 29.4 Å². The Bertz CT molecular complexity index is 565. The second-order valence-corrected chi connectivity index (χ2v) is 7.26. The molecule has 1 amide bonds. The number of benzene rings is 1. The van der Waals surface area contributed by atoms with Crippen molar-refractivity contribution in [3.63, 3.8) is 0 Å². The van der Waals surface area contributed by atoms with Crippen molar-refractivity contribution in [2.45, 2.75) is 58.4 Å². The van der Waals surface area contributed by atoms with E-state index in [1.807, 2.05) is 45.0 Å². The van der Waals surface area contributed by atoms with Gasteiger partial charge in [-0.05, 0) is 43.2 Å². The van der Waals surface area contributed by atoms with Gasteiger partial charge in [0.1, 0.15) is 5.78 Å². The van der Waals surface area contributed by atoms with Gasteiger partial charge in [0.15, 0.2) is 0 Å². The van der Waals surface area contributed by atoms with E-state index in [1.165, 1.54) is 0 Å². The summed E-state index contributed by atoms with van der Waals surface area (Å²) in [5, 5.41) is 12.3. The first kappa shape index (κ1) is 18.7. The zero-order valence-corrected chi connectivity index (χ0v) is 14.9. The molecule has 1 saturated carbocycles. The van der Waals surface area contributed by atoms with Gasteiger partial charge < -0.3 is 10.4 Å². The van der Waals surface area contributed by atoms with Gasteiger partial charge in [0.2, 0.25) is 5.91 Å². The number of aliphatic hydroxyl groups excluding tert-OH is 1. The van der Waals surface area contributed by atoms with E-state index in [-0.39, 0.29) is 36.3 Å². The molecule has 2 N–H and O–H groups in total. The Morgan fingerprint density at radius 3 is 2.42 bits per heavy atom. The molecule has 0 heterocycles. The molecule has 1 fully saturated rings. The molecule has 0 spiro atoms. The summed E-state index contributed by atoms with van der Waals surface area (Å²) in [4.78, 5) is 24.1. The first-order valence-electron chi connectivity index (χ1n) is 8.95. The van der Waals surface area contributed by atoms with E-state index < -0.39 is 0 Å². The molecule has 2 rings (SSSR count). The molecule has 4 nitrogen and oxygen atoms in total. The molecule has 0 aliphatic heterocycles. The average molecular weight is 331 g/mol. The molecule has 0 radical (unpaired) electrons. The topological polar surface area (TPSA) is 66.4 Å². The molecule has 0 aromatic heterocycles. The summed E-state index contributed by atoms with van der Waals surface area (Å²) in [6, 6.07) is 7.78. The van der Waals surface area contributed by atoms with Crippen LogP contribution in [0.5, 0.6) is 0 Å². The Balaban J connectivity index is 1.96. The number of Topliss-reactive ketones (excluding diaryl/α,β-unsaturated/α-hetero) is 1. The molecule has 0 unspecified atom stereocenters. The van der Waals surface area contributed by atoms with E-state index in [4.69, 9.17) is 0 Å². The number of carbonyl (C=O) groups excluding carboxylic acids is 2. The molecular weight excluding hydrogens is 302 g/mol. The Labute approximate surface area is 144 Å². The summed E-state index contributed by atoms with van der Waals surface area (Å²) in [6.07, 6.45) is 3.54. The minimum atomic E-state index is -0.264. The van der Waals surface area contributed by atoms with Crippen LogP contribution in [0.1, 0.15) is 57.1 Å². The standard InChI is InChI=1S/C20H29NO3/c1-13(2)18(12-22)21-20(24)14(3)16-9-7-15(8-10-16)11-17-5-4-6-19(17)23/h7-10,13-14,17-18,22H,4-6,11-12H2,1-3H3,(H,21,24)/t14-,17+,18-/m1/s1. The Kier molecular flexibility index (Phi) is 6.55. The van der Waals surface area contributed by atoms with Crippen molar-refractivity contribution in [1.29, 1.82) is 0 Å². The highest BCUT2D eigenvalue weighted by molar-refractivity contribution is 5.84. The number of aliphatic hydroxyl groups is 1. The van der Waals surface area contributed by atoms with Crippen molar-refractivity contribution in [3.8, 4) is 0 Å². The van der Waals surface area contributed by atoms with E-state index in [2.05, 4.69) is 5.32 Å². The summed E-state index contributed by atoms with van der Waals surface area (Å²) >= 11 is 0. The highest BCUT2D eigenvalue weighted by Gasteiger charge is 2.25. The second kappa shape index (κ2) is 8.43. The van der Waals surface area contributed by atoms with E-state index in [0.29, 0.717) is 5.78 Å². The lowest BCUT2D eigenvalue weighted by Crippen LogP contribution is -2.42. The summed E-state index contributed by atoms with van der Waals surface area (Å²) in [5.41, 5.74) is 2.11. The maximum Gasteiger partial charge on any atom is 0.227 e. The highest BCUT2D eigenvalue weighted by Crippen LogP contribution is 2.26. The fourth-order valence-electron chi connectivity index (χ4n) is 3.21. The van der Waals surface area contributed by atoms with E-state index in [0.717, 1.165) is 36.8 Å². The number of ketones is 1. The van der Waals surface area contributed by atoms with Crippen LogP contribution in [0.25, 0.3) is 0 Å². The zero-order chi connectivity index (χ0) is 17.7. The van der Waals surface area contributed by atoms with Crippen molar-refractivity contribution in [1.82, 2.24) is 5.32 Å². The SMILES string of the molecule is CC(C)[C@@H](CO)NC(=O)[C@H](C)c1ccc(C[C@@H]2CCCC2=O)cc1. The molecule has 4 heteroatoms. The van der Waals surface area contributed by atoms with E-state index in [9.17, 15) is 14.7 Å². The predicted molar refractivity (Wildman–Crippen MR) is 94.8 cm³/mol. The molecular formula is C20H29NO3. The Hall–Kier alpha value is -1.68. The van der Waals surface area contributed by atoms with Crippen molar-refractivity contribution < 1.29 is 14.7 Å². The normalized spacial score (nSPS) is 20.2. The Morgan fingerprint density at radius 1 is 1.25 bits per heavy atom. The number of rotatable bonds is 7. The lowest BCUT2D eigenvalue weighted by Gasteiger charge is -2.22.